The van der Waals surface area contributed by atoms with E-state index in [-0.39, 0.29) is 24.5 Å². The third kappa shape index (κ3) is 6.83. The average Bonchev–Trinajstić information content (AvgIpc) is 3.31. The van der Waals surface area contributed by atoms with Gasteiger partial charge in [0.25, 0.3) is 5.91 Å². The summed E-state index contributed by atoms with van der Waals surface area (Å²) in [4.78, 5) is 27.7. The maximum Gasteiger partial charge on any atom is 0.261 e. The van der Waals surface area contributed by atoms with E-state index in [1.165, 1.54) is 5.56 Å². The van der Waals surface area contributed by atoms with Crippen LogP contribution >= 0.6 is 15.9 Å². The van der Waals surface area contributed by atoms with Gasteiger partial charge in [-0.25, -0.2) is 0 Å². The topological polar surface area (TPSA) is 58.6 Å². The first-order valence-electron chi connectivity index (χ1n) is 11.5. The van der Waals surface area contributed by atoms with E-state index < -0.39 is 6.04 Å². The number of carbonyl (C=O) groups is 2. The van der Waals surface area contributed by atoms with Crippen LogP contribution in [0.4, 0.5) is 0 Å². The first-order chi connectivity index (χ1) is 15.5. The summed E-state index contributed by atoms with van der Waals surface area (Å²) in [5, 5.41) is 3.13. The lowest BCUT2D eigenvalue weighted by molar-refractivity contribution is -0.141. The van der Waals surface area contributed by atoms with Gasteiger partial charge in [0.05, 0.1) is 4.47 Å². The molecular formula is C26H33BrN2O3. The molecule has 2 aromatic rings. The summed E-state index contributed by atoms with van der Waals surface area (Å²) in [7, 11) is 0. The van der Waals surface area contributed by atoms with Gasteiger partial charge in [-0.2, -0.15) is 0 Å². The molecule has 2 aromatic carbocycles. The lowest BCUT2D eigenvalue weighted by Gasteiger charge is -2.29. The number of amides is 2. The van der Waals surface area contributed by atoms with E-state index in [1.54, 1.807) is 11.8 Å². The molecule has 1 saturated carbocycles. The Morgan fingerprint density at radius 1 is 1.12 bits per heavy atom. The van der Waals surface area contributed by atoms with Crippen molar-refractivity contribution >= 4 is 27.7 Å². The zero-order valence-electron chi connectivity index (χ0n) is 19.0. The fourth-order valence-corrected chi connectivity index (χ4v) is 4.61. The van der Waals surface area contributed by atoms with Crippen LogP contribution in [0.2, 0.25) is 0 Å². The largest absolute Gasteiger partial charge is 0.483 e. The van der Waals surface area contributed by atoms with Crippen LogP contribution in [0.3, 0.4) is 0 Å². The SMILES string of the molecule is CCc1ccc(OCC(=O)N(CCc2ccccc2)[C@H](C)C(=O)NC2CCCC2)c(Br)c1. The molecule has 0 spiro atoms. The quantitative estimate of drug-likeness (QED) is 0.504. The van der Waals surface area contributed by atoms with Gasteiger partial charge in [-0.15, -0.1) is 0 Å². The Morgan fingerprint density at radius 2 is 1.84 bits per heavy atom. The normalized spacial score (nSPS) is 14.7. The molecule has 5 nitrogen and oxygen atoms in total. The summed E-state index contributed by atoms with van der Waals surface area (Å²) in [6, 6.07) is 15.6. The number of hydrogen-bond donors (Lipinski definition) is 1. The molecule has 6 heteroatoms. The summed E-state index contributed by atoms with van der Waals surface area (Å²) in [6.07, 6.45) is 5.94. The molecule has 1 fully saturated rings. The predicted octanol–water partition coefficient (Wildman–Crippen LogP) is 4.91. The van der Waals surface area contributed by atoms with Crippen LogP contribution in [-0.2, 0) is 22.4 Å². The summed E-state index contributed by atoms with van der Waals surface area (Å²) in [6.45, 7) is 4.24. The second-order valence-electron chi connectivity index (χ2n) is 8.40. The molecule has 1 atom stereocenters. The minimum atomic E-state index is -0.554. The minimum absolute atomic E-state index is 0.0909. The Bertz CT molecular complexity index is 897. The first kappa shape index (κ1) is 24.3. The van der Waals surface area contributed by atoms with Gasteiger partial charge in [-0.05, 0) is 71.8 Å². The van der Waals surface area contributed by atoms with Crippen LogP contribution < -0.4 is 10.1 Å². The van der Waals surface area contributed by atoms with Gasteiger partial charge in [0.1, 0.15) is 11.8 Å². The van der Waals surface area contributed by atoms with Gasteiger partial charge in [-0.1, -0.05) is 56.2 Å². The fourth-order valence-electron chi connectivity index (χ4n) is 4.07. The lowest BCUT2D eigenvalue weighted by Crippen LogP contribution is -2.51. The molecule has 3 rings (SSSR count). The summed E-state index contributed by atoms with van der Waals surface area (Å²) < 4.78 is 6.65. The van der Waals surface area contributed by atoms with Crippen LogP contribution in [0.5, 0.6) is 5.75 Å². The van der Waals surface area contributed by atoms with E-state index in [4.69, 9.17) is 4.74 Å². The van der Waals surface area contributed by atoms with E-state index in [0.717, 1.165) is 42.1 Å². The maximum absolute atomic E-state index is 13.2. The van der Waals surface area contributed by atoms with E-state index in [9.17, 15) is 9.59 Å². The molecule has 0 aliphatic heterocycles. The summed E-state index contributed by atoms with van der Waals surface area (Å²) >= 11 is 3.52. The zero-order valence-corrected chi connectivity index (χ0v) is 20.6. The van der Waals surface area contributed by atoms with Crippen LogP contribution in [0.15, 0.2) is 53.0 Å². The van der Waals surface area contributed by atoms with Crippen LogP contribution in [-0.4, -0.2) is 41.9 Å². The lowest BCUT2D eigenvalue weighted by atomic mass is 10.1. The molecule has 0 aromatic heterocycles. The predicted molar refractivity (Wildman–Crippen MR) is 131 cm³/mol. The number of ether oxygens (including phenoxy) is 1. The van der Waals surface area contributed by atoms with Gasteiger partial charge >= 0.3 is 0 Å². The molecule has 32 heavy (non-hydrogen) atoms. The second kappa shape index (κ2) is 12.0. The number of halogens is 1. The monoisotopic (exact) mass is 500 g/mol. The molecule has 0 heterocycles. The van der Waals surface area contributed by atoms with Crippen molar-refractivity contribution in [3.05, 3.63) is 64.1 Å². The number of benzene rings is 2. The number of carbonyl (C=O) groups excluding carboxylic acids is 2. The van der Waals surface area contributed by atoms with Crippen molar-refractivity contribution in [3.63, 3.8) is 0 Å². The molecule has 0 saturated heterocycles. The van der Waals surface area contributed by atoms with E-state index in [2.05, 4.69) is 28.2 Å². The Kier molecular flexibility index (Phi) is 9.15. The number of rotatable bonds is 10. The van der Waals surface area contributed by atoms with Gasteiger partial charge in [0.2, 0.25) is 5.91 Å². The maximum atomic E-state index is 13.2. The van der Waals surface area contributed by atoms with Crippen molar-refractivity contribution in [1.82, 2.24) is 10.2 Å². The zero-order chi connectivity index (χ0) is 22.9. The van der Waals surface area contributed by atoms with E-state index in [0.29, 0.717) is 18.7 Å². The Balaban J connectivity index is 1.66. The van der Waals surface area contributed by atoms with Crippen LogP contribution in [0.1, 0.15) is 50.7 Å². The number of nitrogens with one attached hydrogen (secondary N) is 1. The van der Waals surface area contributed by atoms with Crippen molar-refractivity contribution < 1.29 is 14.3 Å². The van der Waals surface area contributed by atoms with Crippen molar-refractivity contribution in [2.45, 2.75) is 64.5 Å². The van der Waals surface area contributed by atoms with Gasteiger partial charge in [0.15, 0.2) is 6.61 Å². The second-order valence-corrected chi connectivity index (χ2v) is 9.25. The van der Waals surface area contributed by atoms with Crippen molar-refractivity contribution in [1.29, 1.82) is 0 Å². The van der Waals surface area contributed by atoms with Gasteiger partial charge < -0.3 is 15.0 Å². The number of nitrogens with zero attached hydrogens (tertiary/aromatic N) is 1. The Morgan fingerprint density at radius 3 is 2.50 bits per heavy atom. The Labute approximate surface area is 199 Å². The molecule has 1 N–H and O–H groups in total. The fraction of sp³-hybridized carbons (Fsp3) is 0.462. The third-order valence-corrected chi connectivity index (χ3v) is 6.73. The smallest absolute Gasteiger partial charge is 0.261 e. The molecule has 172 valence electrons. The molecule has 1 aliphatic rings. The van der Waals surface area contributed by atoms with Crippen molar-refractivity contribution in [2.75, 3.05) is 13.2 Å². The van der Waals surface area contributed by atoms with Crippen molar-refractivity contribution in [2.24, 2.45) is 0 Å². The molecule has 0 unspecified atom stereocenters. The van der Waals surface area contributed by atoms with Gasteiger partial charge in [0, 0.05) is 12.6 Å². The number of hydrogen-bond acceptors (Lipinski definition) is 3. The average molecular weight is 501 g/mol. The van der Waals surface area contributed by atoms with E-state index >= 15 is 0 Å². The highest BCUT2D eigenvalue weighted by Crippen LogP contribution is 2.26. The molecule has 2 amide bonds. The summed E-state index contributed by atoms with van der Waals surface area (Å²) in [5.74, 6) is 0.342. The van der Waals surface area contributed by atoms with Crippen LogP contribution in [0, 0.1) is 0 Å². The molecular weight excluding hydrogens is 468 g/mol. The molecule has 0 radical (unpaired) electrons. The summed E-state index contributed by atoms with van der Waals surface area (Å²) in [5.41, 5.74) is 2.32. The highest BCUT2D eigenvalue weighted by Gasteiger charge is 2.28. The Hall–Kier alpha value is -2.34. The number of aryl methyl sites for hydroxylation is 1. The minimum Gasteiger partial charge on any atom is -0.483 e. The van der Waals surface area contributed by atoms with Crippen molar-refractivity contribution in [3.8, 4) is 5.75 Å². The first-order valence-corrected chi connectivity index (χ1v) is 12.3. The highest BCUT2D eigenvalue weighted by molar-refractivity contribution is 9.10. The van der Waals surface area contributed by atoms with Gasteiger partial charge in [-0.3, -0.25) is 9.59 Å². The highest BCUT2D eigenvalue weighted by atomic mass is 79.9. The van der Waals surface area contributed by atoms with Crippen LogP contribution in [0.25, 0.3) is 0 Å². The standard InChI is InChI=1S/C26H33BrN2O3/c1-3-20-13-14-24(23(27)17-20)32-18-25(30)29(16-15-21-9-5-4-6-10-21)19(2)26(31)28-22-11-7-8-12-22/h4-6,9-10,13-14,17,19,22H,3,7-8,11-12,15-16,18H2,1-2H3,(H,28,31)/t19-/m1/s1. The third-order valence-electron chi connectivity index (χ3n) is 6.11. The van der Waals surface area contributed by atoms with E-state index in [1.807, 2.05) is 48.5 Å². The molecule has 0 bridgehead atoms. The molecule has 1 aliphatic carbocycles.